The molecule has 0 spiro atoms. The van der Waals surface area contributed by atoms with E-state index in [-0.39, 0.29) is 5.92 Å². The summed E-state index contributed by atoms with van der Waals surface area (Å²) in [5, 5.41) is 3.32. The molecule has 0 saturated carbocycles. The first-order chi connectivity index (χ1) is 8.65. The molecule has 0 aromatic heterocycles. The summed E-state index contributed by atoms with van der Waals surface area (Å²) in [7, 11) is 0. The lowest BCUT2D eigenvalue weighted by molar-refractivity contribution is -0.123. The standard InChI is InChI=1S/C16H25NO/c1-4-13(2)14(3)16(18)10-11-17-12-15-8-6-5-7-9-15/h5-9,13-14,17H,4,10-12H2,1-3H3. The molecule has 0 aliphatic heterocycles. The number of hydrogen-bond donors (Lipinski definition) is 1. The van der Waals surface area contributed by atoms with Gasteiger partial charge in [-0.2, -0.15) is 0 Å². The molecule has 1 aromatic rings. The number of carbonyl (C=O) groups excluding carboxylic acids is 1. The van der Waals surface area contributed by atoms with Crippen molar-refractivity contribution in [1.82, 2.24) is 5.32 Å². The van der Waals surface area contributed by atoms with Crippen LogP contribution in [0.25, 0.3) is 0 Å². The minimum atomic E-state index is 0.188. The number of hydrogen-bond acceptors (Lipinski definition) is 2. The normalized spacial score (nSPS) is 14.2. The number of nitrogens with one attached hydrogen (secondary N) is 1. The summed E-state index contributed by atoms with van der Waals surface area (Å²) in [6.45, 7) is 7.95. The molecule has 2 atom stereocenters. The molecule has 0 fully saturated rings. The van der Waals surface area contributed by atoms with Crippen molar-refractivity contribution in [2.75, 3.05) is 6.54 Å². The zero-order valence-electron chi connectivity index (χ0n) is 11.8. The molecule has 0 heterocycles. The summed E-state index contributed by atoms with van der Waals surface area (Å²) in [4.78, 5) is 11.9. The molecule has 1 aromatic carbocycles. The fourth-order valence-electron chi connectivity index (χ4n) is 1.94. The molecule has 2 heteroatoms. The van der Waals surface area contributed by atoms with Gasteiger partial charge in [0.1, 0.15) is 5.78 Å². The minimum Gasteiger partial charge on any atom is -0.312 e. The van der Waals surface area contributed by atoms with Gasteiger partial charge in [-0.05, 0) is 11.5 Å². The van der Waals surface area contributed by atoms with Gasteiger partial charge in [-0.3, -0.25) is 4.79 Å². The third-order valence-corrected chi connectivity index (χ3v) is 3.73. The molecule has 100 valence electrons. The van der Waals surface area contributed by atoms with Gasteiger partial charge in [-0.15, -0.1) is 0 Å². The number of ketones is 1. The Hall–Kier alpha value is -1.15. The number of Topliss-reactive ketones (excluding diaryl/α,β-unsaturated/α-hetero) is 1. The average molecular weight is 247 g/mol. The van der Waals surface area contributed by atoms with Gasteiger partial charge in [0, 0.05) is 25.4 Å². The van der Waals surface area contributed by atoms with E-state index in [9.17, 15) is 4.79 Å². The van der Waals surface area contributed by atoms with E-state index >= 15 is 0 Å². The molecule has 2 nitrogen and oxygen atoms in total. The molecular formula is C16H25NO. The van der Waals surface area contributed by atoms with Crippen LogP contribution in [0.3, 0.4) is 0 Å². The van der Waals surface area contributed by atoms with Crippen molar-refractivity contribution in [1.29, 1.82) is 0 Å². The average Bonchev–Trinajstić information content (AvgIpc) is 2.42. The Morgan fingerprint density at radius 1 is 1.22 bits per heavy atom. The summed E-state index contributed by atoms with van der Waals surface area (Å²) >= 11 is 0. The summed E-state index contributed by atoms with van der Waals surface area (Å²) in [6, 6.07) is 10.3. The van der Waals surface area contributed by atoms with Gasteiger partial charge in [0.05, 0.1) is 0 Å². The predicted molar refractivity (Wildman–Crippen MR) is 76.4 cm³/mol. The SMILES string of the molecule is CCC(C)C(C)C(=O)CCNCc1ccccc1. The Bertz CT molecular complexity index is 347. The van der Waals surface area contributed by atoms with Crippen molar-refractivity contribution in [3.8, 4) is 0 Å². The topological polar surface area (TPSA) is 29.1 Å². The van der Waals surface area contributed by atoms with Crippen molar-refractivity contribution in [3.05, 3.63) is 35.9 Å². The summed E-state index contributed by atoms with van der Waals surface area (Å²) in [6.07, 6.45) is 1.71. The highest BCUT2D eigenvalue weighted by Crippen LogP contribution is 2.16. The van der Waals surface area contributed by atoms with Crippen LogP contribution < -0.4 is 5.32 Å². The van der Waals surface area contributed by atoms with Crippen molar-refractivity contribution in [3.63, 3.8) is 0 Å². The van der Waals surface area contributed by atoms with Crippen LogP contribution in [0.2, 0.25) is 0 Å². The maximum Gasteiger partial charge on any atom is 0.137 e. The monoisotopic (exact) mass is 247 g/mol. The van der Waals surface area contributed by atoms with Crippen molar-refractivity contribution < 1.29 is 4.79 Å². The Labute approximate surface area is 111 Å². The molecule has 0 aliphatic carbocycles. The summed E-state index contributed by atoms with van der Waals surface area (Å²) in [5.41, 5.74) is 1.26. The summed E-state index contributed by atoms with van der Waals surface area (Å²) in [5.74, 6) is 1.06. The molecule has 1 rings (SSSR count). The highest BCUT2D eigenvalue weighted by atomic mass is 16.1. The van der Waals surface area contributed by atoms with Crippen molar-refractivity contribution in [2.45, 2.75) is 40.2 Å². The van der Waals surface area contributed by atoms with Crippen LogP contribution in [0.5, 0.6) is 0 Å². The van der Waals surface area contributed by atoms with Crippen LogP contribution in [0.15, 0.2) is 30.3 Å². The van der Waals surface area contributed by atoms with Gasteiger partial charge in [-0.25, -0.2) is 0 Å². The van der Waals surface area contributed by atoms with Crippen LogP contribution in [0.1, 0.15) is 39.2 Å². The quantitative estimate of drug-likeness (QED) is 0.713. The lowest BCUT2D eigenvalue weighted by Crippen LogP contribution is -2.24. The first kappa shape index (κ1) is 14.9. The van der Waals surface area contributed by atoms with E-state index in [2.05, 4.69) is 31.3 Å². The third kappa shape index (κ3) is 5.01. The second-order valence-corrected chi connectivity index (χ2v) is 5.05. The van der Waals surface area contributed by atoms with E-state index in [1.165, 1.54) is 5.56 Å². The highest BCUT2D eigenvalue weighted by Gasteiger charge is 2.17. The van der Waals surface area contributed by atoms with Gasteiger partial charge in [-0.1, -0.05) is 57.5 Å². The molecule has 2 unspecified atom stereocenters. The fourth-order valence-corrected chi connectivity index (χ4v) is 1.94. The van der Waals surface area contributed by atoms with Gasteiger partial charge in [0.2, 0.25) is 0 Å². The molecule has 0 radical (unpaired) electrons. The van der Waals surface area contributed by atoms with E-state index in [4.69, 9.17) is 0 Å². The van der Waals surface area contributed by atoms with Crippen LogP contribution in [-0.2, 0) is 11.3 Å². The van der Waals surface area contributed by atoms with Crippen LogP contribution in [0.4, 0.5) is 0 Å². The Kier molecular flexibility index (Phi) is 6.66. The zero-order valence-corrected chi connectivity index (χ0v) is 11.8. The summed E-state index contributed by atoms with van der Waals surface area (Å²) < 4.78 is 0. The van der Waals surface area contributed by atoms with Gasteiger partial charge in [0.15, 0.2) is 0 Å². The molecule has 18 heavy (non-hydrogen) atoms. The van der Waals surface area contributed by atoms with Crippen molar-refractivity contribution >= 4 is 5.78 Å². The fraction of sp³-hybridized carbons (Fsp3) is 0.562. The van der Waals surface area contributed by atoms with E-state index in [0.29, 0.717) is 18.1 Å². The van der Waals surface area contributed by atoms with E-state index in [0.717, 1.165) is 19.5 Å². The van der Waals surface area contributed by atoms with Crippen LogP contribution in [-0.4, -0.2) is 12.3 Å². The first-order valence-corrected chi connectivity index (χ1v) is 6.92. The Morgan fingerprint density at radius 3 is 2.50 bits per heavy atom. The lowest BCUT2D eigenvalue weighted by atomic mass is 9.89. The van der Waals surface area contributed by atoms with Gasteiger partial charge < -0.3 is 5.32 Å². The van der Waals surface area contributed by atoms with Gasteiger partial charge in [0.25, 0.3) is 0 Å². The van der Waals surface area contributed by atoms with Gasteiger partial charge >= 0.3 is 0 Å². The highest BCUT2D eigenvalue weighted by molar-refractivity contribution is 5.81. The number of carbonyl (C=O) groups is 1. The zero-order chi connectivity index (χ0) is 13.4. The molecule has 0 bridgehead atoms. The van der Waals surface area contributed by atoms with Crippen molar-refractivity contribution in [2.24, 2.45) is 11.8 Å². The Balaban J connectivity index is 2.20. The largest absolute Gasteiger partial charge is 0.312 e. The Morgan fingerprint density at radius 2 is 1.89 bits per heavy atom. The maximum atomic E-state index is 11.9. The molecular weight excluding hydrogens is 222 g/mol. The van der Waals surface area contributed by atoms with E-state index in [1.54, 1.807) is 0 Å². The maximum absolute atomic E-state index is 11.9. The van der Waals surface area contributed by atoms with E-state index < -0.39 is 0 Å². The molecule has 0 aliphatic rings. The second kappa shape index (κ2) is 8.04. The predicted octanol–water partition coefficient (Wildman–Crippen LogP) is 3.42. The molecule has 1 N–H and O–H groups in total. The first-order valence-electron chi connectivity index (χ1n) is 6.92. The van der Waals surface area contributed by atoms with Crippen LogP contribution in [0, 0.1) is 11.8 Å². The third-order valence-electron chi connectivity index (χ3n) is 3.73. The van der Waals surface area contributed by atoms with E-state index in [1.807, 2.05) is 25.1 Å². The van der Waals surface area contributed by atoms with Crippen LogP contribution >= 0.6 is 0 Å². The molecule has 0 amide bonds. The smallest absolute Gasteiger partial charge is 0.137 e. The number of rotatable bonds is 8. The molecule has 0 saturated heterocycles. The second-order valence-electron chi connectivity index (χ2n) is 5.05. The minimum absolute atomic E-state index is 0.188. The lowest BCUT2D eigenvalue weighted by Gasteiger charge is -2.16. The number of benzene rings is 1.